The molecule has 0 radical (unpaired) electrons. The molecule has 5 rings (SSSR count). The minimum atomic E-state index is -0.622. The maximum absolute atomic E-state index is 14.1. The summed E-state index contributed by atoms with van der Waals surface area (Å²) in [6.45, 7) is 11.6. The molecule has 0 unspecified atom stereocenters. The molecule has 4 aromatic rings. The number of aromatic nitrogens is 2. The van der Waals surface area contributed by atoms with Gasteiger partial charge in [0.1, 0.15) is 23.1 Å². The quantitative estimate of drug-likeness (QED) is 0.137. The largest absolute Gasteiger partial charge is 0.497 e. The minimum absolute atomic E-state index is 0.0715. The van der Waals surface area contributed by atoms with E-state index >= 15 is 0 Å². The number of methoxy groups -OCH3 is 4. The molecule has 13 heteroatoms. The Kier molecular flexibility index (Phi) is 13.0. The predicted octanol–water partition coefficient (Wildman–Crippen LogP) is 6.40. The Labute approximate surface area is 306 Å². The van der Waals surface area contributed by atoms with Gasteiger partial charge in [0.05, 0.1) is 41.6 Å². The third kappa shape index (κ3) is 9.53. The molecule has 0 spiro atoms. The molecule has 1 aromatic heterocycles. The van der Waals surface area contributed by atoms with Gasteiger partial charge in [-0.2, -0.15) is 4.98 Å². The molecular formula is C39H50N6O7. The summed E-state index contributed by atoms with van der Waals surface area (Å²) in [5.41, 5.74) is 4.08. The lowest BCUT2D eigenvalue weighted by Crippen LogP contribution is -2.44. The summed E-state index contributed by atoms with van der Waals surface area (Å²) in [5.74, 6) is 3.73. The minimum Gasteiger partial charge on any atom is -0.497 e. The lowest BCUT2D eigenvalue weighted by atomic mass is 10.1. The van der Waals surface area contributed by atoms with Crippen LogP contribution in [0.15, 0.2) is 54.7 Å². The average Bonchev–Trinajstić information content (AvgIpc) is 3.14. The van der Waals surface area contributed by atoms with E-state index in [2.05, 4.69) is 27.1 Å². The number of amides is 1. The first-order valence-corrected chi connectivity index (χ1v) is 17.3. The summed E-state index contributed by atoms with van der Waals surface area (Å²) in [5, 5.41) is 3.26. The molecule has 1 saturated heterocycles. The second-order valence-electron chi connectivity index (χ2n) is 12.8. The second-order valence-corrected chi connectivity index (χ2v) is 12.8. The third-order valence-electron chi connectivity index (χ3n) is 8.92. The number of carbonyl (C=O) groups is 1. The predicted molar refractivity (Wildman–Crippen MR) is 201 cm³/mol. The van der Waals surface area contributed by atoms with Crippen LogP contribution in [-0.2, 0) is 6.54 Å². The van der Waals surface area contributed by atoms with Crippen LogP contribution < -0.4 is 38.6 Å². The van der Waals surface area contributed by atoms with Crippen LogP contribution in [-0.4, -0.2) is 101 Å². The number of nitrogens with one attached hydrogen (secondary N) is 1. The normalized spacial score (nSPS) is 13.3. The SMILES string of the molecule is COc1ccc(OC)c(CN(C(=O)Oc2c(C)cc(C)cc2C)c2ccnc(Nc3cc(OC)c(OC)c(OCCCN4CCN(C)CC4)c3)n2)c1. The second kappa shape index (κ2) is 17.8. The monoisotopic (exact) mass is 714 g/mol. The molecule has 2 heterocycles. The van der Waals surface area contributed by atoms with E-state index in [0.29, 0.717) is 58.2 Å². The van der Waals surface area contributed by atoms with Crippen molar-refractivity contribution in [3.63, 3.8) is 0 Å². The number of anilines is 3. The van der Waals surface area contributed by atoms with Gasteiger partial charge in [0.2, 0.25) is 11.7 Å². The summed E-state index contributed by atoms with van der Waals surface area (Å²) in [6.07, 6.45) is 1.82. The van der Waals surface area contributed by atoms with Crippen molar-refractivity contribution in [3.05, 3.63) is 77.0 Å². The van der Waals surface area contributed by atoms with E-state index in [1.807, 2.05) is 45.0 Å². The van der Waals surface area contributed by atoms with Crippen LogP contribution in [0, 0.1) is 20.8 Å². The van der Waals surface area contributed by atoms with Crippen LogP contribution in [0.1, 0.15) is 28.7 Å². The molecule has 52 heavy (non-hydrogen) atoms. The Balaban J connectivity index is 1.41. The van der Waals surface area contributed by atoms with Gasteiger partial charge in [-0.25, -0.2) is 9.78 Å². The van der Waals surface area contributed by atoms with Crippen molar-refractivity contribution in [2.75, 3.05) is 85.0 Å². The summed E-state index contributed by atoms with van der Waals surface area (Å²) >= 11 is 0. The van der Waals surface area contributed by atoms with Gasteiger partial charge in [0, 0.05) is 62.3 Å². The third-order valence-corrected chi connectivity index (χ3v) is 8.92. The Morgan fingerprint density at radius 2 is 1.54 bits per heavy atom. The first kappa shape index (κ1) is 38.0. The first-order chi connectivity index (χ1) is 25.1. The van der Waals surface area contributed by atoms with Gasteiger partial charge in [-0.1, -0.05) is 17.7 Å². The zero-order chi connectivity index (χ0) is 37.2. The van der Waals surface area contributed by atoms with Crippen molar-refractivity contribution in [3.8, 4) is 34.5 Å². The Morgan fingerprint density at radius 3 is 2.21 bits per heavy atom. The number of ether oxygens (including phenoxy) is 6. The van der Waals surface area contributed by atoms with E-state index in [1.54, 1.807) is 58.9 Å². The molecule has 1 amide bonds. The Hall–Kier alpha value is -5.27. The number of aryl methyl sites for hydroxylation is 3. The Bertz CT molecular complexity index is 1810. The highest BCUT2D eigenvalue weighted by Gasteiger charge is 2.25. The highest BCUT2D eigenvalue weighted by molar-refractivity contribution is 5.88. The van der Waals surface area contributed by atoms with Gasteiger partial charge in [-0.05, 0) is 69.6 Å². The summed E-state index contributed by atoms with van der Waals surface area (Å²) < 4.78 is 34.7. The number of hydrogen-bond donors (Lipinski definition) is 1. The number of carbonyl (C=O) groups excluding carboxylic acids is 1. The van der Waals surface area contributed by atoms with Crippen molar-refractivity contribution >= 4 is 23.5 Å². The van der Waals surface area contributed by atoms with Crippen molar-refractivity contribution in [1.29, 1.82) is 0 Å². The van der Waals surface area contributed by atoms with Gasteiger partial charge in [0.15, 0.2) is 11.5 Å². The number of piperazine rings is 1. The van der Waals surface area contributed by atoms with Crippen LogP contribution in [0.2, 0.25) is 0 Å². The molecule has 0 atom stereocenters. The Morgan fingerprint density at radius 1 is 0.827 bits per heavy atom. The van der Waals surface area contributed by atoms with Gasteiger partial charge >= 0.3 is 6.09 Å². The molecule has 13 nitrogen and oxygen atoms in total. The average molecular weight is 715 g/mol. The zero-order valence-electron chi connectivity index (χ0n) is 31.4. The fourth-order valence-electron chi connectivity index (χ4n) is 6.22. The number of hydrogen-bond acceptors (Lipinski definition) is 12. The number of likely N-dealkylation sites (N-methyl/N-ethyl adjacent to an activating group) is 1. The molecule has 0 bridgehead atoms. The summed E-state index contributed by atoms with van der Waals surface area (Å²) in [7, 11) is 8.47. The topological polar surface area (TPSA) is 120 Å². The van der Waals surface area contributed by atoms with Gasteiger partial charge in [0.25, 0.3) is 0 Å². The molecule has 1 aliphatic heterocycles. The summed E-state index contributed by atoms with van der Waals surface area (Å²) in [6, 6.07) is 14.6. The van der Waals surface area contributed by atoms with Crippen molar-refractivity contribution in [2.24, 2.45) is 0 Å². The maximum atomic E-state index is 14.1. The van der Waals surface area contributed by atoms with E-state index in [9.17, 15) is 4.79 Å². The van der Waals surface area contributed by atoms with Crippen molar-refractivity contribution < 1.29 is 33.2 Å². The molecule has 1 N–H and O–H groups in total. The highest BCUT2D eigenvalue weighted by Crippen LogP contribution is 2.41. The van der Waals surface area contributed by atoms with Crippen LogP contribution >= 0.6 is 0 Å². The molecule has 0 aliphatic carbocycles. The standard InChI is InChI=1S/C39H50N6O7/c1-26-20-27(2)36(28(3)21-26)52-39(46)45(25-29-22-31(47-5)10-11-32(29)48-6)35-12-13-40-38(42-35)41-30-23-33(49-7)37(50-8)34(24-30)51-19-9-14-44-17-15-43(4)16-18-44/h10-13,20-24H,9,14-19,25H2,1-8H3,(H,40,41,42). The number of benzene rings is 3. The van der Waals surface area contributed by atoms with Gasteiger partial charge in [-0.3, -0.25) is 4.90 Å². The zero-order valence-corrected chi connectivity index (χ0v) is 31.4. The lowest BCUT2D eigenvalue weighted by Gasteiger charge is -2.32. The van der Waals surface area contributed by atoms with Crippen LogP contribution in [0.3, 0.4) is 0 Å². The van der Waals surface area contributed by atoms with E-state index in [0.717, 1.165) is 55.8 Å². The fraction of sp³-hybridized carbons (Fsp3) is 0.410. The molecule has 1 aliphatic rings. The molecular weight excluding hydrogens is 664 g/mol. The van der Waals surface area contributed by atoms with Crippen LogP contribution in [0.4, 0.5) is 22.2 Å². The molecule has 3 aromatic carbocycles. The van der Waals surface area contributed by atoms with E-state index in [-0.39, 0.29) is 12.5 Å². The highest BCUT2D eigenvalue weighted by atomic mass is 16.6. The summed E-state index contributed by atoms with van der Waals surface area (Å²) in [4.78, 5) is 29.5. The lowest BCUT2D eigenvalue weighted by molar-refractivity contribution is 0.145. The van der Waals surface area contributed by atoms with Crippen molar-refractivity contribution in [2.45, 2.75) is 33.7 Å². The number of rotatable bonds is 15. The van der Waals surface area contributed by atoms with E-state index < -0.39 is 6.09 Å². The fourth-order valence-corrected chi connectivity index (χ4v) is 6.22. The van der Waals surface area contributed by atoms with E-state index in [1.165, 1.54) is 4.90 Å². The van der Waals surface area contributed by atoms with Crippen LogP contribution in [0.5, 0.6) is 34.5 Å². The maximum Gasteiger partial charge on any atom is 0.421 e. The van der Waals surface area contributed by atoms with Crippen molar-refractivity contribution in [1.82, 2.24) is 19.8 Å². The first-order valence-electron chi connectivity index (χ1n) is 17.3. The smallest absolute Gasteiger partial charge is 0.421 e. The number of nitrogens with zero attached hydrogens (tertiary/aromatic N) is 5. The van der Waals surface area contributed by atoms with Crippen LogP contribution in [0.25, 0.3) is 0 Å². The molecule has 1 fully saturated rings. The molecule has 0 saturated carbocycles. The van der Waals surface area contributed by atoms with Gasteiger partial charge < -0.3 is 43.5 Å². The van der Waals surface area contributed by atoms with Gasteiger partial charge in [-0.15, -0.1) is 0 Å². The van der Waals surface area contributed by atoms with E-state index in [4.69, 9.17) is 33.4 Å². The molecule has 278 valence electrons.